The number of aromatic amines is 1. The molecule has 0 radical (unpaired) electrons. The second-order valence-electron chi connectivity index (χ2n) is 6.28. The van der Waals surface area contributed by atoms with Gasteiger partial charge < -0.3 is 9.72 Å². The van der Waals surface area contributed by atoms with Crippen molar-refractivity contribution in [2.24, 2.45) is 5.92 Å². The molecule has 6 nitrogen and oxygen atoms in total. The summed E-state index contributed by atoms with van der Waals surface area (Å²) in [5.41, 5.74) is 3.75. The normalized spacial score (nSPS) is 11.1. The Morgan fingerprint density at radius 1 is 1.36 bits per heavy atom. The van der Waals surface area contributed by atoms with Crippen molar-refractivity contribution in [2.75, 3.05) is 11.9 Å². The van der Waals surface area contributed by atoms with Crippen molar-refractivity contribution < 1.29 is 9.53 Å². The lowest BCUT2D eigenvalue weighted by molar-refractivity contribution is 0.147. The molecule has 0 bridgehead atoms. The lowest BCUT2D eigenvalue weighted by Crippen LogP contribution is -2.16. The first-order chi connectivity index (χ1) is 11.9. The molecule has 0 unspecified atom stereocenters. The predicted molar refractivity (Wildman–Crippen MR) is 98.9 cm³/mol. The van der Waals surface area contributed by atoms with Crippen LogP contribution in [0.3, 0.4) is 0 Å². The predicted octanol–water partition coefficient (Wildman–Crippen LogP) is 4.79. The maximum absolute atomic E-state index is 11.8. The molecule has 1 aromatic carbocycles. The van der Waals surface area contributed by atoms with Gasteiger partial charge in [-0.2, -0.15) is 0 Å². The topological polar surface area (TPSA) is 79.9 Å². The molecule has 0 aliphatic rings. The highest BCUT2D eigenvalue weighted by atomic mass is 35.5. The SMILES string of the molecule is Cc1cnc2nc(-c3cc(NC(=O)OCC(C)C)ccc3Cl)[nH]c2c1. The van der Waals surface area contributed by atoms with Crippen LogP contribution in [0.4, 0.5) is 10.5 Å². The molecule has 2 N–H and O–H groups in total. The summed E-state index contributed by atoms with van der Waals surface area (Å²) in [6, 6.07) is 7.15. The van der Waals surface area contributed by atoms with Crippen molar-refractivity contribution >= 4 is 34.5 Å². The standard InChI is InChI=1S/C18H19ClN4O2/c1-10(2)9-25-18(24)21-12-4-5-14(19)13(7-12)16-22-15-6-11(3)8-20-17(15)23-16/h4-8,10H,9H2,1-3H3,(H,21,24)(H,20,22,23). The van der Waals surface area contributed by atoms with E-state index in [0.29, 0.717) is 34.4 Å². The summed E-state index contributed by atoms with van der Waals surface area (Å²) < 4.78 is 5.13. The van der Waals surface area contributed by atoms with Crippen molar-refractivity contribution in [1.29, 1.82) is 0 Å². The Balaban J connectivity index is 1.86. The second-order valence-corrected chi connectivity index (χ2v) is 6.69. The smallest absolute Gasteiger partial charge is 0.411 e. The van der Waals surface area contributed by atoms with E-state index < -0.39 is 6.09 Å². The summed E-state index contributed by atoms with van der Waals surface area (Å²) in [6.07, 6.45) is 1.26. The fourth-order valence-corrected chi connectivity index (χ4v) is 2.52. The number of carbonyl (C=O) groups is 1. The van der Waals surface area contributed by atoms with Crippen molar-refractivity contribution in [2.45, 2.75) is 20.8 Å². The Hall–Kier alpha value is -2.60. The summed E-state index contributed by atoms with van der Waals surface area (Å²) in [7, 11) is 0. The Kier molecular flexibility index (Phi) is 4.90. The van der Waals surface area contributed by atoms with E-state index in [1.54, 1.807) is 24.4 Å². The molecule has 0 saturated heterocycles. The minimum absolute atomic E-state index is 0.276. The number of nitrogens with one attached hydrogen (secondary N) is 2. The number of benzene rings is 1. The van der Waals surface area contributed by atoms with Crippen LogP contribution in [0.2, 0.25) is 5.02 Å². The van der Waals surface area contributed by atoms with Gasteiger partial charge in [0.1, 0.15) is 5.82 Å². The van der Waals surface area contributed by atoms with Crippen LogP contribution in [0.1, 0.15) is 19.4 Å². The first kappa shape index (κ1) is 17.2. The number of rotatable bonds is 4. The van der Waals surface area contributed by atoms with E-state index in [-0.39, 0.29) is 5.92 Å². The highest BCUT2D eigenvalue weighted by Gasteiger charge is 2.12. The van der Waals surface area contributed by atoms with E-state index in [1.165, 1.54) is 0 Å². The number of amides is 1. The lowest BCUT2D eigenvalue weighted by Gasteiger charge is -2.10. The number of imidazole rings is 1. The van der Waals surface area contributed by atoms with Gasteiger partial charge in [-0.1, -0.05) is 25.4 Å². The molecule has 0 atom stereocenters. The Morgan fingerprint density at radius 2 is 2.16 bits per heavy atom. The van der Waals surface area contributed by atoms with Crippen molar-refractivity contribution in [3.05, 3.63) is 41.0 Å². The average Bonchev–Trinajstić information content (AvgIpc) is 2.97. The van der Waals surface area contributed by atoms with Crippen LogP contribution >= 0.6 is 11.6 Å². The number of aromatic nitrogens is 3. The molecule has 0 aliphatic carbocycles. The quantitative estimate of drug-likeness (QED) is 0.702. The summed E-state index contributed by atoms with van der Waals surface area (Å²) in [6.45, 7) is 6.28. The molecule has 7 heteroatoms. The van der Waals surface area contributed by atoms with Crippen LogP contribution in [-0.4, -0.2) is 27.7 Å². The van der Waals surface area contributed by atoms with E-state index in [9.17, 15) is 4.79 Å². The Morgan fingerprint density at radius 3 is 2.92 bits per heavy atom. The van der Waals surface area contributed by atoms with Gasteiger partial charge in [-0.25, -0.2) is 14.8 Å². The number of aryl methyl sites for hydroxylation is 1. The molecule has 3 rings (SSSR count). The maximum atomic E-state index is 11.8. The number of fused-ring (bicyclic) bond motifs is 1. The van der Waals surface area contributed by atoms with Gasteiger partial charge in [0.2, 0.25) is 0 Å². The number of H-pyrrole nitrogens is 1. The molecule has 1 amide bonds. The number of pyridine rings is 1. The summed E-state index contributed by atoms with van der Waals surface area (Å²) in [5, 5.41) is 3.23. The molecule has 0 fully saturated rings. The third-order valence-electron chi connectivity index (χ3n) is 3.49. The van der Waals surface area contributed by atoms with Crippen LogP contribution in [-0.2, 0) is 4.74 Å². The van der Waals surface area contributed by atoms with Gasteiger partial charge in [-0.15, -0.1) is 0 Å². The highest BCUT2D eigenvalue weighted by molar-refractivity contribution is 6.33. The minimum Gasteiger partial charge on any atom is -0.449 e. The first-order valence-corrected chi connectivity index (χ1v) is 8.36. The molecule has 3 aromatic rings. The van der Waals surface area contributed by atoms with Gasteiger partial charge in [0.25, 0.3) is 0 Å². The second kappa shape index (κ2) is 7.11. The van der Waals surface area contributed by atoms with Crippen molar-refractivity contribution in [1.82, 2.24) is 15.0 Å². The monoisotopic (exact) mass is 358 g/mol. The van der Waals surface area contributed by atoms with Gasteiger partial charge in [0.15, 0.2) is 5.65 Å². The van der Waals surface area contributed by atoms with Crippen LogP contribution < -0.4 is 5.32 Å². The van der Waals surface area contributed by atoms with E-state index in [2.05, 4.69) is 20.3 Å². The zero-order valence-corrected chi connectivity index (χ0v) is 15.0. The molecule has 0 saturated carbocycles. The number of anilines is 1. The lowest BCUT2D eigenvalue weighted by atomic mass is 10.2. The molecular weight excluding hydrogens is 340 g/mol. The van der Waals surface area contributed by atoms with Gasteiger partial charge in [0, 0.05) is 17.4 Å². The number of hydrogen-bond donors (Lipinski definition) is 2. The molecule has 0 spiro atoms. The van der Waals surface area contributed by atoms with Crippen LogP contribution in [0.25, 0.3) is 22.6 Å². The van der Waals surface area contributed by atoms with Gasteiger partial charge in [-0.05, 0) is 42.7 Å². The summed E-state index contributed by atoms with van der Waals surface area (Å²) >= 11 is 6.30. The molecule has 130 valence electrons. The van der Waals surface area contributed by atoms with E-state index in [0.717, 1.165) is 11.1 Å². The Labute approximate surface area is 150 Å². The van der Waals surface area contributed by atoms with Crippen LogP contribution in [0.15, 0.2) is 30.5 Å². The largest absolute Gasteiger partial charge is 0.449 e. The summed E-state index contributed by atoms with van der Waals surface area (Å²) in [4.78, 5) is 23.8. The number of hydrogen-bond acceptors (Lipinski definition) is 4. The minimum atomic E-state index is -0.496. The number of carbonyl (C=O) groups excluding carboxylic acids is 1. The number of halogens is 1. The molecular formula is C18H19ClN4O2. The average molecular weight is 359 g/mol. The van der Waals surface area contributed by atoms with Gasteiger partial charge in [-0.3, -0.25) is 5.32 Å². The number of nitrogens with zero attached hydrogens (tertiary/aromatic N) is 2. The third kappa shape index (κ3) is 4.09. The fraction of sp³-hybridized carbons (Fsp3) is 0.278. The van der Waals surface area contributed by atoms with E-state index >= 15 is 0 Å². The van der Waals surface area contributed by atoms with Crippen molar-refractivity contribution in [3.63, 3.8) is 0 Å². The fourth-order valence-electron chi connectivity index (χ4n) is 2.31. The molecule has 25 heavy (non-hydrogen) atoms. The van der Waals surface area contributed by atoms with Crippen LogP contribution in [0, 0.1) is 12.8 Å². The molecule has 2 aromatic heterocycles. The first-order valence-electron chi connectivity index (χ1n) is 7.98. The zero-order valence-electron chi connectivity index (χ0n) is 14.3. The Bertz CT molecular complexity index is 921. The van der Waals surface area contributed by atoms with Crippen LogP contribution in [0.5, 0.6) is 0 Å². The van der Waals surface area contributed by atoms with Crippen molar-refractivity contribution in [3.8, 4) is 11.4 Å². The maximum Gasteiger partial charge on any atom is 0.411 e. The van der Waals surface area contributed by atoms with Gasteiger partial charge in [0.05, 0.1) is 17.1 Å². The van der Waals surface area contributed by atoms with E-state index in [4.69, 9.17) is 16.3 Å². The summed E-state index contributed by atoms with van der Waals surface area (Å²) in [5.74, 6) is 0.871. The number of ether oxygens (including phenoxy) is 1. The zero-order chi connectivity index (χ0) is 18.0. The van der Waals surface area contributed by atoms with E-state index in [1.807, 2.05) is 26.8 Å². The third-order valence-corrected chi connectivity index (χ3v) is 3.82. The molecule has 0 aliphatic heterocycles. The molecule has 2 heterocycles. The highest BCUT2D eigenvalue weighted by Crippen LogP contribution is 2.30. The van der Waals surface area contributed by atoms with Gasteiger partial charge >= 0.3 is 6.09 Å².